The molecular formula is C18H25ClN4O3. The molecule has 2 aromatic rings. The van der Waals surface area contributed by atoms with Crippen LogP contribution < -0.4 is 10.5 Å². The average molecular weight is 381 g/mol. The van der Waals surface area contributed by atoms with E-state index in [1.165, 1.54) is 0 Å². The number of amides is 1. The molecule has 26 heavy (non-hydrogen) atoms. The summed E-state index contributed by atoms with van der Waals surface area (Å²) in [5.41, 5.74) is 6.49. The van der Waals surface area contributed by atoms with Crippen molar-refractivity contribution in [1.29, 1.82) is 0 Å². The van der Waals surface area contributed by atoms with Crippen LogP contribution in [0.2, 0.25) is 0 Å². The van der Waals surface area contributed by atoms with Gasteiger partial charge in [-0.15, -0.1) is 12.4 Å². The molecule has 1 fully saturated rings. The van der Waals surface area contributed by atoms with E-state index in [0.717, 1.165) is 13.0 Å². The van der Waals surface area contributed by atoms with Gasteiger partial charge in [-0.25, -0.2) is 0 Å². The maximum atomic E-state index is 12.6. The van der Waals surface area contributed by atoms with Crippen molar-refractivity contribution in [1.82, 2.24) is 15.0 Å². The van der Waals surface area contributed by atoms with Gasteiger partial charge in [0.25, 0.3) is 5.91 Å². The summed E-state index contributed by atoms with van der Waals surface area (Å²) in [6, 6.07) is 7.13. The summed E-state index contributed by atoms with van der Waals surface area (Å²) < 4.78 is 10.7. The minimum atomic E-state index is 0. The van der Waals surface area contributed by atoms with Crippen LogP contribution in [0.3, 0.4) is 0 Å². The van der Waals surface area contributed by atoms with E-state index in [1.54, 1.807) is 24.3 Å². The maximum absolute atomic E-state index is 12.6. The van der Waals surface area contributed by atoms with Crippen LogP contribution >= 0.6 is 12.4 Å². The van der Waals surface area contributed by atoms with E-state index in [9.17, 15) is 4.79 Å². The Bertz CT molecular complexity index is 734. The number of ether oxygens (including phenoxy) is 1. The van der Waals surface area contributed by atoms with Gasteiger partial charge in [0.1, 0.15) is 5.75 Å². The first kappa shape index (κ1) is 20.2. The summed E-state index contributed by atoms with van der Waals surface area (Å²) >= 11 is 0. The molecule has 8 heteroatoms. The number of hydrogen-bond acceptors (Lipinski definition) is 6. The van der Waals surface area contributed by atoms with E-state index in [0.29, 0.717) is 42.5 Å². The molecule has 0 spiro atoms. The van der Waals surface area contributed by atoms with Crippen molar-refractivity contribution in [3.8, 4) is 5.75 Å². The molecule has 0 aliphatic carbocycles. The maximum Gasteiger partial charge on any atom is 0.253 e. The van der Waals surface area contributed by atoms with Crippen LogP contribution in [0.5, 0.6) is 5.75 Å². The lowest BCUT2D eigenvalue weighted by atomic mass is 9.90. The molecule has 0 bridgehead atoms. The fourth-order valence-corrected chi connectivity index (χ4v) is 2.88. The lowest BCUT2D eigenvalue weighted by Crippen LogP contribution is -2.34. The van der Waals surface area contributed by atoms with Crippen molar-refractivity contribution in [2.75, 3.05) is 19.6 Å². The van der Waals surface area contributed by atoms with E-state index < -0.39 is 0 Å². The Morgan fingerprint density at radius 3 is 2.69 bits per heavy atom. The number of aromatic nitrogens is 2. The normalized spacial score (nSPS) is 19.3. The molecule has 1 aliphatic rings. The lowest BCUT2D eigenvalue weighted by molar-refractivity contribution is 0.0777. The molecule has 2 N–H and O–H groups in total. The van der Waals surface area contributed by atoms with E-state index >= 15 is 0 Å². The quantitative estimate of drug-likeness (QED) is 0.827. The Kier molecular flexibility index (Phi) is 6.61. The van der Waals surface area contributed by atoms with Crippen molar-refractivity contribution in [3.05, 3.63) is 41.5 Å². The monoisotopic (exact) mass is 380 g/mol. The average Bonchev–Trinajstić information content (AvgIpc) is 3.27. The molecule has 142 valence electrons. The Morgan fingerprint density at radius 1 is 1.38 bits per heavy atom. The number of halogens is 1. The Labute approximate surface area is 159 Å². The third kappa shape index (κ3) is 4.53. The third-order valence-electron chi connectivity index (χ3n) is 4.62. The molecule has 7 nitrogen and oxygen atoms in total. The van der Waals surface area contributed by atoms with Crippen molar-refractivity contribution in [2.24, 2.45) is 11.1 Å². The van der Waals surface area contributed by atoms with Crippen molar-refractivity contribution >= 4 is 18.3 Å². The second-order valence-corrected chi connectivity index (χ2v) is 6.76. The molecule has 1 atom stereocenters. The summed E-state index contributed by atoms with van der Waals surface area (Å²) in [6.45, 7) is 6.36. The van der Waals surface area contributed by atoms with Gasteiger partial charge in [0.05, 0.1) is 0 Å². The Balaban J connectivity index is 0.00000243. The van der Waals surface area contributed by atoms with Gasteiger partial charge in [0.2, 0.25) is 11.7 Å². The van der Waals surface area contributed by atoms with E-state index in [1.807, 2.05) is 11.8 Å². The van der Waals surface area contributed by atoms with Crippen LogP contribution in [-0.4, -0.2) is 40.6 Å². The first-order valence-electron chi connectivity index (χ1n) is 8.56. The fourth-order valence-electron chi connectivity index (χ4n) is 2.88. The smallest absolute Gasteiger partial charge is 0.253 e. The number of carbonyl (C=O) groups is 1. The molecular weight excluding hydrogens is 356 g/mol. The largest absolute Gasteiger partial charge is 0.485 e. The summed E-state index contributed by atoms with van der Waals surface area (Å²) in [7, 11) is 0. The highest BCUT2D eigenvalue weighted by atomic mass is 35.5. The van der Waals surface area contributed by atoms with E-state index in [2.05, 4.69) is 17.1 Å². The number of carbonyl (C=O) groups excluding carboxylic acids is 1. The van der Waals surface area contributed by atoms with Crippen LogP contribution in [0, 0.1) is 5.41 Å². The first-order chi connectivity index (χ1) is 12.0. The minimum Gasteiger partial charge on any atom is -0.485 e. The molecule has 1 unspecified atom stereocenters. The summed E-state index contributed by atoms with van der Waals surface area (Å²) in [6.07, 6.45) is 1.64. The molecule has 1 amide bonds. The highest BCUT2D eigenvalue weighted by Crippen LogP contribution is 2.29. The van der Waals surface area contributed by atoms with Gasteiger partial charge in [-0.3, -0.25) is 4.79 Å². The fraction of sp³-hybridized carbons (Fsp3) is 0.500. The molecule has 0 saturated carbocycles. The van der Waals surface area contributed by atoms with Crippen LogP contribution in [0.1, 0.15) is 42.3 Å². The molecule has 3 rings (SSSR count). The second-order valence-electron chi connectivity index (χ2n) is 6.76. The van der Waals surface area contributed by atoms with Crippen LogP contribution in [0.25, 0.3) is 0 Å². The Hall–Kier alpha value is -2.12. The zero-order chi connectivity index (χ0) is 17.9. The molecule has 0 radical (unpaired) electrons. The van der Waals surface area contributed by atoms with Gasteiger partial charge in [-0.2, -0.15) is 4.98 Å². The topological polar surface area (TPSA) is 94.5 Å². The minimum absolute atomic E-state index is 0. The highest BCUT2D eigenvalue weighted by molar-refractivity contribution is 5.94. The molecule has 1 aliphatic heterocycles. The number of nitrogens with two attached hydrogens (primary N) is 1. The SMILES string of the molecule is CCc1nc(COc2ccc(C(=O)N3CCC(C)(CN)C3)cc2)no1.Cl. The standard InChI is InChI=1S/C18H24N4O3.ClH/c1-3-16-20-15(21-25-16)10-24-14-6-4-13(5-7-14)17(23)22-9-8-18(2,11-19)12-22;/h4-7H,3,8-12,19H2,1-2H3;1H. The van der Waals surface area contributed by atoms with Crippen molar-refractivity contribution in [2.45, 2.75) is 33.3 Å². The van der Waals surface area contributed by atoms with Gasteiger partial charge >= 0.3 is 0 Å². The summed E-state index contributed by atoms with van der Waals surface area (Å²) in [4.78, 5) is 18.6. The van der Waals surface area contributed by atoms with Crippen molar-refractivity contribution in [3.63, 3.8) is 0 Å². The van der Waals surface area contributed by atoms with E-state index in [-0.39, 0.29) is 30.3 Å². The number of benzene rings is 1. The zero-order valence-electron chi connectivity index (χ0n) is 15.1. The van der Waals surface area contributed by atoms with Gasteiger partial charge in [0.15, 0.2) is 6.61 Å². The number of likely N-dealkylation sites (tertiary alicyclic amines) is 1. The van der Waals surface area contributed by atoms with Crippen LogP contribution in [-0.2, 0) is 13.0 Å². The third-order valence-corrected chi connectivity index (χ3v) is 4.62. The predicted molar refractivity (Wildman–Crippen MR) is 99.4 cm³/mol. The number of hydrogen-bond donors (Lipinski definition) is 1. The number of rotatable bonds is 6. The molecule has 2 heterocycles. The molecule has 1 aromatic heterocycles. The predicted octanol–water partition coefficient (Wildman–Crippen LogP) is 2.44. The zero-order valence-corrected chi connectivity index (χ0v) is 15.9. The number of aryl methyl sites for hydroxylation is 1. The van der Waals surface area contributed by atoms with Gasteiger partial charge in [-0.05, 0) is 42.6 Å². The summed E-state index contributed by atoms with van der Waals surface area (Å²) in [5, 5.41) is 3.84. The van der Waals surface area contributed by atoms with Crippen LogP contribution in [0.4, 0.5) is 0 Å². The first-order valence-corrected chi connectivity index (χ1v) is 8.56. The van der Waals surface area contributed by atoms with Crippen LogP contribution in [0.15, 0.2) is 28.8 Å². The lowest BCUT2D eigenvalue weighted by Gasteiger charge is -2.22. The second kappa shape index (κ2) is 8.51. The Morgan fingerprint density at radius 2 is 2.12 bits per heavy atom. The number of nitrogens with zero attached hydrogens (tertiary/aromatic N) is 3. The van der Waals surface area contributed by atoms with Gasteiger partial charge in [-0.1, -0.05) is 19.0 Å². The van der Waals surface area contributed by atoms with Crippen molar-refractivity contribution < 1.29 is 14.1 Å². The molecule has 1 saturated heterocycles. The summed E-state index contributed by atoms with van der Waals surface area (Å²) in [5.74, 6) is 1.80. The highest BCUT2D eigenvalue weighted by Gasteiger charge is 2.35. The molecule has 1 aromatic carbocycles. The van der Waals surface area contributed by atoms with Gasteiger partial charge in [0, 0.05) is 25.1 Å². The van der Waals surface area contributed by atoms with Gasteiger partial charge < -0.3 is 19.9 Å². The van der Waals surface area contributed by atoms with E-state index in [4.69, 9.17) is 15.0 Å².